The van der Waals surface area contributed by atoms with Crippen molar-refractivity contribution < 1.29 is 13.2 Å². The Labute approximate surface area is 203 Å². The number of sulfone groups is 1. The lowest BCUT2D eigenvalue weighted by Crippen LogP contribution is -2.36. The largest absolute Gasteiger partial charge is 0.378 e. The van der Waals surface area contributed by atoms with Crippen molar-refractivity contribution >= 4 is 37.9 Å². The second-order valence-electron chi connectivity index (χ2n) is 8.13. The van der Waals surface area contributed by atoms with Gasteiger partial charge >= 0.3 is 0 Å². The Balaban J connectivity index is 1.37. The molecule has 1 saturated heterocycles. The highest BCUT2D eigenvalue weighted by molar-refractivity contribution is 7.90. The molecule has 0 unspecified atom stereocenters. The number of anilines is 3. The Hall–Kier alpha value is -4.00. The molecule has 1 fully saturated rings. The predicted molar refractivity (Wildman–Crippen MR) is 136 cm³/mol. The fourth-order valence-electron chi connectivity index (χ4n) is 3.74. The van der Waals surface area contributed by atoms with Crippen molar-refractivity contribution in [2.45, 2.75) is 4.90 Å². The number of aromatic nitrogens is 3. The summed E-state index contributed by atoms with van der Waals surface area (Å²) in [6.07, 6.45) is 6.43. The maximum Gasteiger partial charge on any atom is 0.175 e. The van der Waals surface area contributed by atoms with Gasteiger partial charge in [0.25, 0.3) is 0 Å². The minimum absolute atomic E-state index is 0.267. The normalized spacial score (nSPS) is 13.8. The van der Waals surface area contributed by atoms with Gasteiger partial charge < -0.3 is 15.0 Å². The summed E-state index contributed by atoms with van der Waals surface area (Å²) >= 11 is 0. The molecule has 9 heteroatoms. The quantitative estimate of drug-likeness (QED) is 0.439. The number of nitrogens with zero attached hydrogens (tertiary/aromatic N) is 4. The second-order valence-corrected chi connectivity index (χ2v) is 10.1. The molecule has 3 aromatic heterocycles. The van der Waals surface area contributed by atoms with E-state index < -0.39 is 9.84 Å². The summed E-state index contributed by atoms with van der Waals surface area (Å²) in [4.78, 5) is 15.9. The monoisotopic (exact) mass is 485 g/mol. The van der Waals surface area contributed by atoms with E-state index in [-0.39, 0.29) is 4.90 Å². The summed E-state index contributed by atoms with van der Waals surface area (Å²) in [7, 11) is -3.24. The summed E-state index contributed by atoms with van der Waals surface area (Å²) in [5, 5.41) is 4.99. The third kappa shape index (κ3) is 5.40. The Morgan fingerprint density at radius 3 is 2.46 bits per heavy atom. The molecule has 0 amide bonds. The SMILES string of the molecule is CS(=O)(=O)c1ccc(Nc2cc3c(C#Cc4ccc(N5CCOCC5)nc4)nccc3cn2)cc1. The molecule has 35 heavy (non-hydrogen) atoms. The van der Waals surface area contributed by atoms with Gasteiger partial charge in [0.05, 0.1) is 18.1 Å². The van der Waals surface area contributed by atoms with Gasteiger partial charge in [0.2, 0.25) is 0 Å². The van der Waals surface area contributed by atoms with Crippen LogP contribution in [0.4, 0.5) is 17.3 Å². The molecular weight excluding hydrogens is 462 g/mol. The topological polar surface area (TPSA) is 97.3 Å². The fourth-order valence-corrected chi connectivity index (χ4v) is 4.37. The summed E-state index contributed by atoms with van der Waals surface area (Å²) < 4.78 is 28.7. The first kappa shape index (κ1) is 22.8. The number of nitrogens with one attached hydrogen (secondary N) is 1. The maximum atomic E-state index is 11.7. The molecule has 0 spiro atoms. The number of hydrogen-bond acceptors (Lipinski definition) is 8. The van der Waals surface area contributed by atoms with Gasteiger partial charge in [-0.2, -0.15) is 0 Å². The molecule has 4 aromatic rings. The molecule has 0 aliphatic carbocycles. The third-order valence-corrected chi connectivity index (χ3v) is 6.74. The van der Waals surface area contributed by atoms with Crippen molar-refractivity contribution in [3.05, 3.63) is 78.4 Å². The Morgan fingerprint density at radius 1 is 0.943 bits per heavy atom. The van der Waals surface area contributed by atoms with E-state index in [1.54, 1.807) is 42.9 Å². The van der Waals surface area contributed by atoms with Gasteiger partial charge in [-0.05, 0) is 54.5 Å². The van der Waals surface area contributed by atoms with Crippen LogP contribution in [0.5, 0.6) is 0 Å². The van der Waals surface area contributed by atoms with Crippen molar-refractivity contribution in [3.63, 3.8) is 0 Å². The molecular formula is C26H23N5O3S. The van der Waals surface area contributed by atoms with E-state index >= 15 is 0 Å². The second kappa shape index (κ2) is 9.70. The number of hydrogen-bond donors (Lipinski definition) is 1. The van der Waals surface area contributed by atoms with Gasteiger partial charge in [-0.15, -0.1) is 0 Å². The number of fused-ring (bicyclic) bond motifs is 1. The van der Waals surface area contributed by atoms with Crippen LogP contribution in [-0.4, -0.2) is 55.9 Å². The maximum absolute atomic E-state index is 11.7. The van der Waals surface area contributed by atoms with Gasteiger partial charge in [-0.25, -0.2) is 23.4 Å². The number of benzene rings is 1. The van der Waals surface area contributed by atoms with E-state index in [4.69, 9.17) is 4.74 Å². The van der Waals surface area contributed by atoms with Crippen LogP contribution in [0.15, 0.2) is 72.0 Å². The van der Waals surface area contributed by atoms with Crippen molar-refractivity contribution in [1.29, 1.82) is 0 Å². The Morgan fingerprint density at radius 2 is 1.74 bits per heavy atom. The molecule has 0 radical (unpaired) electrons. The Kier molecular flexibility index (Phi) is 6.31. The van der Waals surface area contributed by atoms with Crippen molar-refractivity contribution in [2.75, 3.05) is 42.8 Å². The molecule has 4 heterocycles. The minimum atomic E-state index is -3.24. The van der Waals surface area contributed by atoms with Crippen LogP contribution in [0.1, 0.15) is 11.3 Å². The third-order valence-electron chi connectivity index (χ3n) is 5.61. The van der Waals surface area contributed by atoms with Crippen molar-refractivity contribution in [2.24, 2.45) is 0 Å². The zero-order valence-electron chi connectivity index (χ0n) is 19.1. The lowest BCUT2D eigenvalue weighted by atomic mass is 10.1. The van der Waals surface area contributed by atoms with Crippen LogP contribution >= 0.6 is 0 Å². The first-order valence-corrected chi connectivity index (χ1v) is 13.0. The van der Waals surface area contributed by atoms with Crippen LogP contribution in [0.3, 0.4) is 0 Å². The predicted octanol–water partition coefficient (Wildman–Crippen LogP) is 3.41. The van der Waals surface area contributed by atoms with Gasteiger partial charge in [-0.3, -0.25) is 0 Å². The molecule has 0 atom stereocenters. The van der Waals surface area contributed by atoms with E-state index in [9.17, 15) is 8.42 Å². The van der Waals surface area contributed by atoms with E-state index in [0.717, 1.165) is 40.9 Å². The summed E-state index contributed by atoms with van der Waals surface area (Å²) in [5.41, 5.74) is 2.17. The van der Waals surface area contributed by atoms with Crippen molar-refractivity contribution in [3.8, 4) is 11.8 Å². The summed E-state index contributed by atoms with van der Waals surface area (Å²) in [6, 6.07) is 14.3. The smallest absolute Gasteiger partial charge is 0.175 e. The number of pyridine rings is 3. The molecule has 0 saturated carbocycles. The highest BCUT2D eigenvalue weighted by Gasteiger charge is 2.12. The Bertz CT molecular complexity index is 1520. The van der Waals surface area contributed by atoms with Crippen LogP contribution < -0.4 is 10.2 Å². The highest BCUT2D eigenvalue weighted by Crippen LogP contribution is 2.23. The van der Waals surface area contributed by atoms with Crippen LogP contribution in [0.2, 0.25) is 0 Å². The van der Waals surface area contributed by atoms with E-state index in [0.29, 0.717) is 24.7 Å². The van der Waals surface area contributed by atoms with Gasteiger partial charge in [0.1, 0.15) is 17.3 Å². The number of ether oxygens (including phenoxy) is 1. The zero-order valence-corrected chi connectivity index (χ0v) is 19.9. The van der Waals surface area contributed by atoms with Gasteiger partial charge in [0.15, 0.2) is 9.84 Å². The first-order valence-electron chi connectivity index (χ1n) is 11.1. The molecule has 1 aliphatic heterocycles. The first-order chi connectivity index (χ1) is 17.0. The van der Waals surface area contributed by atoms with E-state index in [2.05, 4.69) is 37.0 Å². The van der Waals surface area contributed by atoms with Crippen LogP contribution in [0.25, 0.3) is 10.8 Å². The van der Waals surface area contributed by atoms with Gasteiger partial charge in [0, 0.05) is 60.0 Å². The summed E-state index contributed by atoms with van der Waals surface area (Å²) in [6.45, 7) is 3.11. The molecule has 176 valence electrons. The van der Waals surface area contributed by atoms with Crippen LogP contribution in [-0.2, 0) is 14.6 Å². The van der Waals surface area contributed by atoms with Crippen molar-refractivity contribution in [1.82, 2.24) is 15.0 Å². The molecule has 1 N–H and O–H groups in total. The molecule has 1 aromatic carbocycles. The van der Waals surface area contributed by atoms with Crippen LogP contribution in [0, 0.1) is 11.8 Å². The zero-order chi connectivity index (χ0) is 24.3. The average molecular weight is 486 g/mol. The van der Waals surface area contributed by atoms with E-state index in [1.165, 1.54) is 6.26 Å². The number of morpholine rings is 1. The molecule has 1 aliphatic rings. The fraction of sp³-hybridized carbons (Fsp3) is 0.192. The lowest BCUT2D eigenvalue weighted by Gasteiger charge is -2.27. The lowest BCUT2D eigenvalue weighted by molar-refractivity contribution is 0.122. The van der Waals surface area contributed by atoms with E-state index in [1.807, 2.05) is 24.3 Å². The molecule has 0 bridgehead atoms. The number of rotatable bonds is 4. The summed E-state index contributed by atoms with van der Waals surface area (Å²) in [5.74, 6) is 7.85. The minimum Gasteiger partial charge on any atom is -0.378 e. The van der Waals surface area contributed by atoms with Gasteiger partial charge in [-0.1, -0.05) is 5.92 Å². The molecule has 5 rings (SSSR count). The standard InChI is InChI=1S/C26H23N5O3S/c1-35(32,33)22-6-4-21(5-7-22)30-25-16-23-20(18-28-25)10-11-27-24(23)8-2-19-3-9-26(29-17-19)31-12-14-34-15-13-31/h3-7,9-11,16-18H,12-15H2,1H3,(H,28,30). The molecule has 8 nitrogen and oxygen atoms in total. The highest BCUT2D eigenvalue weighted by atomic mass is 32.2. The average Bonchev–Trinajstić information content (AvgIpc) is 2.88.